The molecule has 2 aromatic carbocycles. The second-order valence-electron chi connectivity index (χ2n) is 8.11. The third-order valence-electron chi connectivity index (χ3n) is 5.89. The number of ketones is 1. The Morgan fingerprint density at radius 2 is 1.82 bits per heavy atom. The quantitative estimate of drug-likeness (QED) is 0.404. The summed E-state index contributed by atoms with van der Waals surface area (Å²) in [6.07, 6.45) is 0. The van der Waals surface area contributed by atoms with E-state index in [1.807, 2.05) is 48.2 Å². The molecule has 0 atom stereocenters. The summed E-state index contributed by atoms with van der Waals surface area (Å²) >= 11 is 0. The lowest BCUT2D eigenvalue weighted by molar-refractivity contribution is -0.112. The van der Waals surface area contributed by atoms with Crippen molar-refractivity contribution >= 4 is 23.1 Å². The van der Waals surface area contributed by atoms with E-state index in [0.29, 0.717) is 50.7 Å². The molecule has 1 amide bonds. The standard InChI is InChI=1S/C26H28FN3O4/c1-18-16-21(19-6-4-3-5-7-19)24(30(18)12-13-33-2)25(31)26(32)28-20-8-9-23(22(27)17-20)29-10-14-34-15-11-29/h3-9,16-17H,10-15H2,1-2H3,(H,28,32). The van der Waals surface area contributed by atoms with Crippen molar-refractivity contribution in [3.63, 3.8) is 0 Å². The molecule has 7 nitrogen and oxygen atoms in total. The lowest BCUT2D eigenvalue weighted by Gasteiger charge is -2.29. The molecule has 0 spiro atoms. The van der Waals surface area contributed by atoms with Crippen molar-refractivity contribution in [2.45, 2.75) is 13.5 Å². The molecule has 0 aliphatic carbocycles. The number of nitrogens with one attached hydrogen (secondary N) is 1. The van der Waals surface area contributed by atoms with Crippen LogP contribution in [-0.4, -0.2) is 56.3 Å². The van der Waals surface area contributed by atoms with Gasteiger partial charge in [-0.1, -0.05) is 30.3 Å². The van der Waals surface area contributed by atoms with Crippen LogP contribution in [0.3, 0.4) is 0 Å². The Morgan fingerprint density at radius 3 is 2.50 bits per heavy atom. The predicted octanol–water partition coefficient (Wildman–Crippen LogP) is 3.91. The maximum atomic E-state index is 14.8. The minimum Gasteiger partial charge on any atom is -0.383 e. The van der Waals surface area contributed by atoms with E-state index in [2.05, 4.69) is 5.32 Å². The molecule has 1 fully saturated rings. The van der Waals surface area contributed by atoms with Gasteiger partial charge in [-0.05, 0) is 36.8 Å². The lowest BCUT2D eigenvalue weighted by Crippen LogP contribution is -2.36. The summed E-state index contributed by atoms with van der Waals surface area (Å²) in [5, 5.41) is 2.57. The van der Waals surface area contributed by atoms with E-state index in [1.165, 1.54) is 6.07 Å². The van der Waals surface area contributed by atoms with Gasteiger partial charge in [-0.3, -0.25) is 9.59 Å². The molecule has 3 aromatic rings. The number of nitrogens with zero attached hydrogens (tertiary/aromatic N) is 2. The van der Waals surface area contributed by atoms with Gasteiger partial charge in [0.15, 0.2) is 0 Å². The Hall–Kier alpha value is -3.49. The van der Waals surface area contributed by atoms with Gasteiger partial charge in [0.05, 0.1) is 25.5 Å². The van der Waals surface area contributed by atoms with Gasteiger partial charge in [-0.2, -0.15) is 0 Å². The summed E-state index contributed by atoms with van der Waals surface area (Å²) < 4.78 is 27.1. The molecular formula is C26H28FN3O4. The molecule has 0 radical (unpaired) electrons. The number of anilines is 2. The van der Waals surface area contributed by atoms with E-state index >= 15 is 0 Å². The Balaban J connectivity index is 1.60. The first-order valence-electron chi connectivity index (χ1n) is 11.2. The van der Waals surface area contributed by atoms with Crippen LogP contribution >= 0.6 is 0 Å². The topological polar surface area (TPSA) is 72.8 Å². The summed E-state index contributed by atoms with van der Waals surface area (Å²) in [5.41, 5.74) is 3.29. The zero-order valence-corrected chi connectivity index (χ0v) is 19.3. The molecule has 0 unspecified atom stereocenters. The average molecular weight is 466 g/mol. The van der Waals surface area contributed by atoms with Crippen LogP contribution in [0, 0.1) is 12.7 Å². The van der Waals surface area contributed by atoms with E-state index in [0.717, 1.165) is 11.3 Å². The SMILES string of the molecule is COCCn1c(C)cc(-c2ccccc2)c1C(=O)C(=O)Nc1ccc(N2CCOCC2)c(F)c1. The Morgan fingerprint density at radius 1 is 1.09 bits per heavy atom. The van der Waals surface area contributed by atoms with Gasteiger partial charge in [0.1, 0.15) is 11.5 Å². The smallest absolute Gasteiger partial charge is 0.298 e. The number of hydrogen-bond acceptors (Lipinski definition) is 5. The molecule has 0 saturated carbocycles. The maximum Gasteiger partial charge on any atom is 0.298 e. The first-order chi connectivity index (χ1) is 16.5. The van der Waals surface area contributed by atoms with Gasteiger partial charge in [0.25, 0.3) is 11.7 Å². The molecular weight excluding hydrogens is 437 g/mol. The second-order valence-corrected chi connectivity index (χ2v) is 8.11. The number of halogens is 1. The fraction of sp³-hybridized carbons (Fsp3) is 0.308. The van der Waals surface area contributed by atoms with Gasteiger partial charge in [0, 0.05) is 43.7 Å². The first-order valence-corrected chi connectivity index (χ1v) is 11.2. The van der Waals surface area contributed by atoms with Crippen molar-refractivity contribution in [2.75, 3.05) is 50.2 Å². The van der Waals surface area contributed by atoms with E-state index in [4.69, 9.17) is 9.47 Å². The molecule has 1 aliphatic rings. The van der Waals surface area contributed by atoms with Gasteiger partial charge in [-0.15, -0.1) is 0 Å². The molecule has 1 N–H and O–H groups in total. The summed E-state index contributed by atoms with van der Waals surface area (Å²) in [7, 11) is 1.58. The third kappa shape index (κ3) is 5.03. The van der Waals surface area contributed by atoms with E-state index in [-0.39, 0.29) is 11.4 Å². The molecule has 34 heavy (non-hydrogen) atoms. The highest BCUT2D eigenvalue weighted by molar-refractivity contribution is 6.47. The molecule has 0 bridgehead atoms. The molecule has 8 heteroatoms. The van der Waals surface area contributed by atoms with Crippen LogP contribution in [-0.2, 0) is 20.8 Å². The molecule has 1 aromatic heterocycles. The zero-order chi connectivity index (χ0) is 24.1. The van der Waals surface area contributed by atoms with Crippen molar-refractivity contribution in [2.24, 2.45) is 0 Å². The maximum absolute atomic E-state index is 14.8. The minimum absolute atomic E-state index is 0.223. The van der Waals surface area contributed by atoms with E-state index in [9.17, 15) is 14.0 Å². The number of carbonyl (C=O) groups is 2. The normalized spacial score (nSPS) is 13.7. The number of benzene rings is 2. The fourth-order valence-corrected chi connectivity index (χ4v) is 4.17. The largest absolute Gasteiger partial charge is 0.383 e. The zero-order valence-electron chi connectivity index (χ0n) is 19.3. The minimum atomic E-state index is -0.826. The second kappa shape index (κ2) is 10.6. The summed E-state index contributed by atoms with van der Waals surface area (Å²) in [5.74, 6) is -1.98. The summed E-state index contributed by atoms with van der Waals surface area (Å²) in [6, 6.07) is 15.8. The highest BCUT2D eigenvalue weighted by atomic mass is 19.1. The van der Waals surface area contributed by atoms with Crippen LogP contribution in [0.2, 0.25) is 0 Å². The fourth-order valence-electron chi connectivity index (χ4n) is 4.17. The number of methoxy groups -OCH3 is 1. The molecule has 4 rings (SSSR count). The van der Waals surface area contributed by atoms with Gasteiger partial charge < -0.3 is 24.3 Å². The molecule has 1 aliphatic heterocycles. The number of aromatic nitrogens is 1. The number of carbonyl (C=O) groups excluding carboxylic acids is 2. The molecule has 178 valence electrons. The molecule has 2 heterocycles. The summed E-state index contributed by atoms with van der Waals surface area (Å²) in [4.78, 5) is 28.2. The highest BCUT2D eigenvalue weighted by Gasteiger charge is 2.26. The Kier molecular flexibility index (Phi) is 7.40. The van der Waals surface area contributed by atoms with Crippen LogP contribution in [0.25, 0.3) is 11.1 Å². The number of hydrogen-bond donors (Lipinski definition) is 1. The van der Waals surface area contributed by atoms with Crippen molar-refractivity contribution in [1.29, 1.82) is 0 Å². The van der Waals surface area contributed by atoms with Crippen LogP contribution in [0.1, 0.15) is 16.2 Å². The number of Topliss-reactive ketones (excluding diaryl/α,β-unsaturated/α-hetero) is 1. The Labute approximate surface area is 198 Å². The van der Waals surface area contributed by atoms with Crippen LogP contribution in [0.15, 0.2) is 54.6 Å². The number of aryl methyl sites for hydroxylation is 1. The van der Waals surface area contributed by atoms with Crippen LogP contribution in [0.5, 0.6) is 0 Å². The van der Waals surface area contributed by atoms with Crippen molar-refractivity contribution in [3.8, 4) is 11.1 Å². The predicted molar refractivity (Wildman–Crippen MR) is 129 cm³/mol. The number of rotatable bonds is 8. The number of ether oxygens (including phenoxy) is 2. The van der Waals surface area contributed by atoms with Crippen molar-refractivity contribution in [1.82, 2.24) is 4.57 Å². The monoisotopic (exact) mass is 465 g/mol. The van der Waals surface area contributed by atoms with Gasteiger partial charge in [-0.25, -0.2) is 4.39 Å². The van der Waals surface area contributed by atoms with Gasteiger partial charge >= 0.3 is 0 Å². The number of morpholine rings is 1. The van der Waals surface area contributed by atoms with E-state index in [1.54, 1.807) is 23.8 Å². The van der Waals surface area contributed by atoms with Crippen molar-refractivity contribution < 1.29 is 23.5 Å². The Bertz CT molecular complexity index is 1170. The van der Waals surface area contributed by atoms with E-state index < -0.39 is 17.5 Å². The van der Waals surface area contributed by atoms with Gasteiger partial charge in [0.2, 0.25) is 0 Å². The first kappa shape index (κ1) is 23.7. The third-order valence-corrected chi connectivity index (χ3v) is 5.89. The average Bonchev–Trinajstić information content (AvgIpc) is 3.19. The number of amides is 1. The lowest BCUT2D eigenvalue weighted by atomic mass is 10.0. The van der Waals surface area contributed by atoms with Crippen LogP contribution in [0.4, 0.5) is 15.8 Å². The van der Waals surface area contributed by atoms with Crippen molar-refractivity contribution in [3.05, 3.63) is 71.8 Å². The highest BCUT2D eigenvalue weighted by Crippen LogP contribution is 2.29. The molecule has 1 saturated heterocycles. The van der Waals surface area contributed by atoms with Crippen LogP contribution < -0.4 is 10.2 Å². The summed E-state index contributed by atoms with van der Waals surface area (Å²) in [6.45, 7) is 4.97.